The third kappa shape index (κ3) is 6.17. The Bertz CT molecular complexity index is 616. The van der Waals surface area contributed by atoms with Gasteiger partial charge in [0, 0.05) is 12.2 Å². The van der Waals surface area contributed by atoms with Crippen LogP contribution in [-0.4, -0.2) is 49.3 Å². The van der Waals surface area contributed by atoms with Crippen LogP contribution in [-0.2, 0) is 38.1 Å². The molecule has 29 heavy (non-hydrogen) atoms. The summed E-state index contributed by atoms with van der Waals surface area (Å²) < 4.78 is 20.6. The lowest BCUT2D eigenvalue weighted by atomic mass is 9.80. The summed E-state index contributed by atoms with van der Waals surface area (Å²) in [5.41, 5.74) is 0. The molecule has 0 aromatic carbocycles. The van der Waals surface area contributed by atoms with E-state index in [4.69, 9.17) is 18.9 Å². The molecule has 8 nitrogen and oxygen atoms in total. The first-order chi connectivity index (χ1) is 13.7. The highest BCUT2D eigenvalue weighted by molar-refractivity contribution is 5.81. The summed E-state index contributed by atoms with van der Waals surface area (Å²) in [5, 5.41) is 0. The maximum absolute atomic E-state index is 12.6. The summed E-state index contributed by atoms with van der Waals surface area (Å²) in [6.07, 6.45) is 3.04. The molecule has 0 aromatic heterocycles. The average Bonchev–Trinajstić information content (AvgIpc) is 3.31. The molecule has 0 saturated heterocycles. The third-order valence-electron chi connectivity index (χ3n) is 5.31. The number of carbonyl (C=O) groups excluding carboxylic acids is 4. The summed E-state index contributed by atoms with van der Waals surface area (Å²) in [6, 6.07) is 0. The molecule has 0 amide bonds. The highest BCUT2D eigenvalue weighted by atomic mass is 16.6. The van der Waals surface area contributed by atoms with E-state index in [0.29, 0.717) is 12.8 Å². The van der Waals surface area contributed by atoms with E-state index in [1.165, 1.54) is 0 Å². The minimum Gasteiger partial charge on any atom is -0.459 e. The van der Waals surface area contributed by atoms with E-state index in [2.05, 4.69) is 13.2 Å². The Labute approximate surface area is 170 Å². The van der Waals surface area contributed by atoms with Crippen LogP contribution in [0.25, 0.3) is 0 Å². The molecule has 0 heterocycles. The van der Waals surface area contributed by atoms with Crippen LogP contribution in [0.4, 0.5) is 0 Å². The van der Waals surface area contributed by atoms with Gasteiger partial charge in [-0.05, 0) is 44.9 Å². The van der Waals surface area contributed by atoms with E-state index < -0.39 is 24.1 Å². The number of fused-ring (bicyclic) bond motifs is 2. The van der Waals surface area contributed by atoms with E-state index in [1.807, 2.05) is 0 Å². The summed E-state index contributed by atoms with van der Waals surface area (Å²) >= 11 is 0. The predicted octanol–water partition coefficient (Wildman–Crippen LogP) is 1.97. The molecule has 0 aromatic rings. The zero-order valence-electron chi connectivity index (χ0n) is 16.8. The van der Waals surface area contributed by atoms with E-state index in [0.717, 1.165) is 18.6 Å². The first kappa shape index (κ1) is 22.6. The van der Waals surface area contributed by atoms with Gasteiger partial charge in [-0.3, -0.25) is 9.59 Å². The van der Waals surface area contributed by atoms with Crippen molar-refractivity contribution in [3.8, 4) is 0 Å². The van der Waals surface area contributed by atoms with Crippen molar-refractivity contribution in [2.24, 2.45) is 23.7 Å². The van der Waals surface area contributed by atoms with Crippen molar-refractivity contribution in [3.63, 3.8) is 0 Å². The largest absolute Gasteiger partial charge is 0.459 e. The van der Waals surface area contributed by atoms with E-state index >= 15 is 0 Å². The molecule has 0 N–H and O–H groups in total. The fourth-order valence-electron chi connectivity index (χ4n) is 4.05. The molecule has 8 heteroatoms. The van der Waals surface area contributed by atoms with Crippen molar-refractivity contribution in [1.29, 1.82) is 0 Å². The predicted molar refractivity (Wildman–Crippen MR) is 101 cm³/mol. The quantitative estimate of drug-likeness (QED) is 0.307. The zero-order valence-corrected chi connectivity index (χ0v) is 16.8. The number of hydrogen-bond acceptors (Lipinski definition) is 8. The molecule has 0 spiro atoms. The molecule has 160 valence electrons. The van der Waals surface area contributed by atoms with Crippen molar-refractivity contribution < 1.29 is 38.1 Å². The van der Waals surface area contributed by atoms with Crippen LogP contribution >= 0.6 is 0 Å². The van der Waals surface area contributed by atoms with Crippen LogP contribution in [0.15, 0.2) is 25.3 Å². The molecule has 2 bridgehead atoms. The van der Waals surface area contributed by atoms with E-state index in [-0.39, 0.29) is 48.8 Å². The van der Waals surface area contributed by atoms with Gasteiger partial charge in [0.1, 0.15) is 25.4 Å². The molecule has 2 fully saturated rings. The second-order valence-electron chi connectivity index (χ2n) is 7.61. The Kier molecular flexibility index (Phi) is 7.99. The van der Waals surface area contributed by atoms with Crippen LogP contribution in [0.3, 0.4) is 0 Å². The van der Waals surface area contributed by atoms with Gasteiger partial charge in [0.2, 0.25) is 0 Å². The molecule has 2 aliphatic carbocycles. The summed E-state index contributed by atoms with van der Waals surface area (Å²) in [7, 11) is 0. The van der Waals surface area contributed by atoms with Gasteiger partial charge < -0.3 is 18.9 Å². The smallest absolute Gasteiger partial charge is 0.330 e. The molecular weight excluding hydrogens is 380 g/mol. The van der Waals surface area contributed by atoms with E-state index in [1.54, 1.807) is 13.8 Å². The standard InChI is InChI=1S/C21H28O8/c1-5-18(22)26-10-12(3)28-20(24)16-8-14-7-15(16)17(9-14)21(25)29-13(4)11-27-19(23)6-2/h5-6,12-17H,1-2,7-11H2,3-4H3. The lowest BCUT2D eigenvalue weighted by Gasteiger charge is -2.28. The molecule has 4 unspecified atom stereocenters. The average molecular weight is 408 g/mol. The minimum atomic E-state index is -0.588. The number of ether oxygens (including phenoxy) is 4. The zero-order chi connectivity index (χ0) is 21.6. The van der Waals surface area contributed by atoms with Gasteiger partial charge in [-0.2, -0.15) is 0 Å². The maximum atomic E-state index is 12.6. The maximum Gasteiger partial charge on any atom is 0.330 e. The number of hydrogen-bond donors (Lipinski definition) is 0. The lowest BCUT2D eigenvalue weighted by Crippen LogP contribution is -2.36. The Balaban J connectivity index is 1.84. The topological polar surface area (TPSA) is 105 Å². The van der Waals surface area contributed by atoms with Crippen LogP contribution in [0.5, 0.6) is 0 Å². The monoisotopic (exact) mass is 408 g/mol. The number of esters is 4. The Morgan fingerprint density at radius 3 is 1.59 bits per heavy atom. The lowest BCUT2D eigenvalue weighted by molar-refractivity contribution is -0.167. The van der Waals surface area contributed by atoms with Crippen LogP contribution < -0.4 is 0 Å². The third-order valence-corrected chi connectivity index (χ3v) is 5.31. The second kappa shape index (κ2) is 10.2. The van der Waals surface area contributed by atoms with Crippen molar-refractivity contribution >= 4 is 23.9 Å². The highest BCUT2D eigenvalue weighted by Gasteiger charge is 2.53. The Morgan fingerprint density at radius 1 is 0.828 bits per heavy atom. The molecular formula is C21H28O8. The van der Waals surface area contributed by atoms with Gasteiger partial charge in [-0.15, -0.1) is 0 Å². The normalized spacial score (nSPS) is 26.7. The van der Waals surface area contributed by atoms with Crippen molar-refractivity contribution in [2.45, 2.75) is 45.3 Å². The first-order valence-electron chi connectivity index (χ1n) is 9.74. The van der Waals surface area contributed by atoms with Gasteiger partial charge in [0.05, 0.1) is 11.8 Å². The highest BCUT2D eigenvalue weighted by Crippen LogP contribution is 2.52. The fourth-order valence-corrected chi connectivity index (χ4v) is 4.05. The van der Waals surface area contributed by atoms with Crippen molar-refractivity contribution in [1.82, 2.24) is 0 Å². The Hall–Kier alpha value is -2.64. The molecule has 0 radical (unpaired) electrons. The molecule has 0 aliphatic heterocycles. The van der Waals surface area contributed by atoms with Crippen LogP contribution in [0.2, 0.25) is 0 Å². The molecule has 2 saturated carbocycles. The van der Waals surface area contributed by atoms with Gasteiger partial charge >= 0.3 is 23.9 Å². The number of carbonyl (C=O) groups is 4. The SMILES string of the molecule is C=CC(=O)OCC(C)OC(=O)C1CC2CC(C(=O)OC(C)COC(=O)C=C)C1C2. The fraction of sp³-hybridized carbons (Fsp3) is 0.619. The van der Waals surface area contributed by atoms with Gasteiger partial charge in [0.15, 0.2) is 0 Å². The summed E-state index contributed by atoms with van der Waals surface area (Å²) in [5.74, 6) is -2.54. The molecule has 4 atom stereocenters. The Morgan fingerprint density at radius 2 is 1.24 bits per heavy atom. The number of rotatable bonds is 10. The minimum absolute atomic E-state index is 0.0518. The van der Waals surface area contributed by atoms with Crippen molar-refractivity contribution in [3.05, 3.63) is 25.3 Å². The van der Waals surface area contributed by atoms with Crippen LogP contribution in [0, 0.1) is 23.7 Å². The summed E-state index contributed by atoms with van der Waals surface area (Å²) in [4.78, 5) is 47.3. The van der Waals surface area contributed by atoms with E-state index in [9.17, 15) is 19.2 Å². The summed E-state index contributed by atoms with van der Waals surface area (Å²) in [6.45, 7) is 9.78. The van der Waals surface area contributed by atoms with Crippen molar-refractivity contribution in [2.75, 3.05) is 13.2 Å². The van der Waals surface area contributed by atoms with Crippen LogP contribution in [0.1, 0.15) is 33.1 Å². The first-order valence-corrected chi connectivity index (χ1v) is 9.74. The van der Waals surface area contributed by atoms with Gasteiger partial charge in [-0.1, -0.05) is 13.2 Å². The second-order valence-corrected chi connectivity index (χ2v) is 7.61. The molecule has 2 aliphatic rings. The van der Waals surface area contributed by atoms with Gasteiger partial charge in [-0.25, -0.2) is 9.59 Å². The van der Waals surface area contributed by atoms with Gasteiger partial charge in [0.25, 0.3) is 0 Å². The molecule has 2 rings (SSSR count).